The number of benzene rings is 3. The zero-order valence-corrected chi connectivity index (χ0v) is 17.8. The van der Waals surface area contributed by atoms with Crippen LogP contribution in [0.25, 0.3) is 10.8 Å². The van der Waals surface area contributed by atoms with Crippen LogP contribution in [0, 0.1) is 11.8 Å². The maximum atomic E-state index is 11.2. The Kier molecular flexibility index (Phi) is 7.86. The van der Waals surface area contributed by atoms with E-state index in [0.29, 0.717) is 19.6 Å². The highest BCUT2D eigenvalue weighted by molar-refractivity contribution is 5.88. The second kappa shape index (κ2) is 11.0. The second-order valence-corrected chi connectivity index (χ2v) is 7.11. The lowest BCUT2D eigenvalue weighted by Crippen LogP contribution is -2.26. The van der Waals surface area contributed by atoms with Crippen LogP contribution >= 0.6 is 0 Å². The van der Waals surface area contributed by atoms with Gasteiger partial charge < -0.3 is 14.6 Å². The lowest BCUT2D eigenvalue weighted by Gasteiger charge is -2.12. The average Bonchev–Trinajstić information content (AvgIpc) is 2.78. The molecule has 0 spiro atoms. The summed E-state index contributed by atoms with van der Waals surface area (Å²) in [6, 6.07) is 21.7. The van der Waals surface area contributed by atoms with Crippen LogP contribution in [0.2, 0.25) is 0 Å². The molecular weight excluding hydrogens is 388 g/mol. The molecule has 0 saturated carbocycles. The highest BCUT2D eigenvalue weighted by Gasteiger charge is 2.17. The molecular formula is C27H26O4. The molecule has 0 aliphatic carbocycles. The van der Waals surface area contributed by atoms with E-state index in [1.54, 1.807) is 6.92 Å². The number of fused-ring (bicyclic) bond motifs is 1. The van der Waals surface area contributed by atoms with Crippen molar-refractivity contribution in [2.45, 2.75) is 26.4 Å². The van der Waals surface area contributed by atoms with Crippen molar-refractivity contribution in [3.63, 3.8) is 0 Å². The Morgan fingerprint density at radius 3 is 2.55 bits per heavy atom. The molecule has 1 unspecified atom stereocenters. The van der Waals surface area contributed by atoms with Gasteiger partial charge in [-0.3, -0.25) is 0 Å². The van der Waals surface area contributed by atoms with Crippen LogP contribution < -0.4 is 4.74 Å². The molecule has 3 aromatic carbocycles. The van der Waals surface area contributed by atoms with Crippen molar-refractivity contribution >= 4 is 16.7 Å². The van der Waals surface area contributed by atoms with Crippen molar-refractivity contribution < 1.29 is 19.4 Å². The van der Waals surface area contributed by atoms with E-state index in [1.165, 1.54) is 5.39 Å². The molecule has 0 saturated heterocycles. The van der Waals surface area contributed by atoms with Crippen molar-refractivity contribution in [3.05, 3.63) is 89.5 Å². The van der Waals surface area contributed by atoms with Crippen molar-refractivity contribution in [3.8, 4) is 17.6 Å². The molecule has 3 aromatic rings. The predicted octanol–water partition coefficient (Wildman–Crippen LogP) is 5.25. The van der Waals surface area contributed by atoms with Gasteiger partial charge in [0.2, 0.25) is 0 Å². The third kappa shape index (κ3) is 6.47. The minimum atomic E-state index is -0.951. The average molecular weight is 415 g/mol. The molecule has 1 N–H and O–H groups in total. The Balaban J connectivity index is 1.57. The summed E-state index contributed by atoms with van der Waals surface area (Å²) in [6.45, 7) is 4.53. The fourth-order valence-corrected chi connectivity index (χ4v) is 3.17. The number of carboxylic acid groups (broad SMARTS) is 1. The Labute approximate surface area is 183 Å². The number of hydrogen-bond donors (Lipinski definition) is 1. The van der Waals surface area contributed by atoms with E-state index in [4.69, 9.17) is 9.47 Å². The molecule has 3 rings (SSSR count). The van der Waals surface area contributed by atoms with Crippen LogP contribution in [0.1, 0.15) is 25.0 Å². The third-order valence-electron chi connectivity index (χ3n) is 4.81. The van der Waals surface area contributed by atoms with Gasteiger partial charge in [-0.05, 0) is 60.0 Å². The van der Waals surface area contributed by atoms with Gasteiger partial charge in [-0.15, -0.1) is 0 Å². The smallest absolute Gasteiger partial charge is 0.333 e. The quantitative estimate of drug-likeness (QED) is 0.512. The van der Waals surface area contributed by atoms with Gasteiger partial charge >= 0.3 is 5.97 Å². The first-order valence-electron chi connectivity index (χ1n) is 10.3. The van der Waals surface area contributed by atoms with E-state index >= 15 is 0 Å². The Morgan fingerprint density at radius 2 is 1.81 bits per heavy atom. The monoisotopic (exact) mass is 414 g/mol. The van der Waals surface area contributed by atoms with Gasteiger partial charge in [0.25, 0.3) is 0 Å². The predicted molar refractivity (Wildman–Crippen MR) is 123 cm³/mol. The summed E-state index contributed by atoms with van der Waals surface area (Å²) in [5.41, 5.74) is 2.83. The summed E-state index contributed by atoms with van der Waals surface area (Å²) in [6.07, 6.45) is 1.44. The zero-order valence-electron chi connectivity index (χ0n) is 17.8. The van der Waals surface area contributed by atoms with Crippen LogP contribution in [0.3, 0.4) is 0 Å². The molecule has 31 heavy (non-hydrogen) atoms. The van der Waals surface area contributed by atoms with Gasteiger partial charge in [0, 0.05) is 18.6 Å². The standard InChI is InChI=1S/C27H26O4/c1-3-30-26(27(28)29)19-21-12-15-24(16-13-21)31-18-17-20(2)11-14-23-9-6-8-22-7-4-5-10-25(22)23/h4-10,12-13,15-17,26H,3,18-19H2,1-2H3,(H,28,29). The fraction of sp³-hybridized carbons (Fsp3) is 0.222. The van der Waals surface area contributed by atoms with Gasteiger partial charge in [0.05, 0.1) is 0 Å². The highest BCUT2D eigenvalue weighted by atomic mass is 16.5. The molecule has 0 fully saturated rings. The lowest BCUT2D eigenvalue weighted by atomic mass is 10.0. The van der Waals surface area contributed by atoms with Crippen LogP contribution in [0.15, 0.2) is 78.4 Å². The molecule has 0 heterocycles. The molecule has 158 valence electrons. The third-order valence-corrected chi connectivity index (χ3v) is 4.81. The van der Waals surface area contributed by atoms with Crippen LogP contribution in [0.5, 0.6) is 5.75 Å². The molecule has 0 aliphatic rings. The summed E-state index contributed by atoms with van der Waals surface area (Å²) in [7, 11) is 0. The normalized spacial score (nSPS) is 12.1. The van der Waals surface area contributed by atoms with Crippen LogP contribution in [-0.4, -0.2) is 30.4 Å². The molecule has 0 aliphatic heterocycles. The minimum absolute atomic E-state index is 0.326. The Morgan fingerprint density at radius 1 is 1.06 bits per heavy atom. The largest absolute Gasteiger partial charge is 0.490 e. The maximum Gasteiger partial charge on any atom is 0.333 e. The Bertz CT molecular complexity index is 1110. The number of carbonyl (C=O) groups is 1. The molecule has 0 amide bonds. The highest BCUT2D eigenvalue weighted by Crippen LogP contribution is 2.18. The number of aliphatic carboxylic acids is 1. The van der Waals surface area contributed by atoms with Gasteiger partial charge in [-0.2, -0.15) is 0 Å². The molecule has 4 heteroatoms. The summed E-state index contributed by atoms with van der Waals surface area (Å²) in [4.78, 5) is 11.2. The molecule has 0 aromatic heterocycles. The maximum absolute atomic E-state index is 11.2. The minimum Gasteiger partial charge on any atom is -0.490 e. The van der Waals surface area contributed by atoms with Crippen molar-refractivity contribution in [1.82, 2.24) is 0 Å². The van der Waals surface area contributed by atoms with Crippen LogP contribution in [-0.2, 0) is 16.0 Å². The van der Waals surface area contributed by atoms with E-state index in [1.807, 2.05) is 61.5 Å². The molecule has 1 atom stereocenters. The topological polar surface area (TPSA) is 55.8 Å². The zero-order chi connectivity index (χ0) is 22.1. The number of rotatable bonds is 8. The van der Waals surface area contributed by atoms with Crippen molar-refractivity contribution in [1.29, 1.82) is 0 Å². The second-order valence-electron chi connectivity index (χ2n) is 7.11. The number of hydrogen-bond acceptors (Lipinski definition) is 3. The number of carboxylic acids is 1. The number of allylic oxidation sites excluding steroid dienone is 1. The van der Waals surface area contributed by atoms with Crippen LogP contribution in [0.4, 0.5) is 0 Å². The molecule has 0 radical (unpaired) electrons. The first-order valence-corrected chi connectivity index (χ1v) is 10.3. The van der Waals surface area contributed by atoms with Gasteiger partial charge in [-0.1, -0.05) is 60.4 Å². The van der Waals surface area contributed by atoms with E-state index in [0.717, 1.165) is 27.8 Å². The van der Waals surface area contributed by atoms with Crippen molar-refractivity contribution in [2.24, 2.45) is 0 Å². The van der Waals surface area contributed by atoms with Gasteiger partial charge in [0.1, 0.15) is 12.4 Å². The lowest BCUT2D eigenvalue weighted by molar-refractivity contribution is -0.149. The first kappa shape index (κ1) is 22.1. The SMILES string of the molecule is CCOC(Cc1ccc(OCC=C(C)C#Cc2cccc3ccccc23)cc1)C(=O)O. The number of ether oxygens (including phenoxy) is 2. The summed E-state index contributed by atoms with van der Waals surface area (Å²) >= 11 is 0. The molecule has 0 bridgehead atoms. The van der Waals surface area contributed by atoms with E-state index in [-0.39, 0.29) is 0 Å². The van der Waals surface area contributed by atoms with Crippen molar-refractivity contribution in [2.75, 3.05) is 13.2 Å². The molecule has 4 nitrogen and oxygen atoms in total. The summed E-state index contributed by atoms with van der Waals surface area (Å²) in [5.74, 6) is 6.21. The van der Waals surface area contributed by atoms with E-state index < -0.39 is 12.1 Å². The van der Waals surface area contributed by atoms with E-state index in [9.17, 15) is 9.90 Å². The summed E-state index contributed by atoms with van der Waals surface area (Å²) < 4.78 is 11.0. The van der Waals surface area contributed by atoms with Gasteiger partial charge in [0.15, 0.2) is 6.10 Å². The fourth-order valence-electron chi connectivity index (χ4n) is 3.17. The first-order chi connectivity index (χ1) is 15.1. The Hall–Kier alpha value is -3.55. The van der Waals surface area contributed by atoms with Gasteiger partial charge in [-0.25, -0.2) is 4.79 Å². The van der Waals surface area contributed by atoms with E-state index in [2.05, 4.69) is 30.0 Å². The summed E-state index contributed by atoms with van der Waals surface area (Å²) in [5, 5.41) is 11.5.